The number of alkyl halides is 3. The van der Waals surface area contributed by atoms with E-state index < -0.39 is 17.6 Å². The van der Waals surface area contributed by atoms with Crippen LogP contribution in [0, 0.1) is 0 Å². The molecule has 0 spiro atoms. The highest BCUT2D eigenvalue weighted by Gasteiger charge is 2.31. The van der Waals surface area contributed by atoms with E-state index in [9.17, 15) is 22.8 Å². The molecule has 14 heteroatoms. The lowest BCUT2D eigenvalue weighted by molar-refractivity contribution is -0.137. The van der Waals surface area contributed by atoms with Gasteiger partial charge in [-0.1, -0.05) is 24.6 Å². The van der Waals surface area contributed by atoms with Crippen LogP contribution in [0.25, 0.3) is 11.4 Å². The molecule has 5 rings (SSSR count). The number of hydrogen-bond acceptors (Lipinski definition) is 7. The van der Waals surface area contributed by atoms with Gasteiger partial charge in [-0.25, -0.2) is 0 Å². The molecule has 2 aliphatic heterocycles. The van der Waals surface area contributed by atoms with Crippen LogP contribution >= 0.6 is 11.6 Å². The Hall–Kier alpha value is -3.42. The number of carbonyl (C=O) groups is 1. The third-order valence-electron chi connectivity index (χ3n) is 6.72. The number of ether oxygens (including phenoxy) is 1. The number of fused-ring (bicyclic) bond motifs is 1. The van der Waals surface area contributed by atoms with Crippen molar-refractivity contribution < 1.29 is 22.7 Å². The molecule has 2 N–H and O–H groups in total. The molecule has 208 valence electrons. The molecule has 1 fully saturated rings. The molecule has 1 aromatic carbocycles. The first kappa shape index (κ1) is 27.2. The Balaban J connectivity index is 1.56. The number of anilines is 2. The Labute approximate surface area is 226 Å². The molecule has 1 saturated heterocycles. The van der Waals surface area contributed by atoms with Crippen LogP contribution in [-0.4, -0.2) is 64.5 Å². The van der Waals surface area contributed by atoms with Crippen molar-refractivity contribution in [3.63, 3.8) is 0 Å². The Morgan fingerprint density at radius 1 is 1.26 bits per heavy atom. The number of amides is 1. The zero-order chi connectivity index (χ0) is 27.7. The molecular formula is C25H27ClF3N7O3. The summed E-state index contributed by atoms with van der Waals surface area (Å²) >= 11 is 6.05. The van der Waals surface area contributed by atoms with Crippen molar-refractivity contribution in [3.8, 4) is 0 Å². The third kappa shape index (κ3) is 5.52. The van der Waals surface area contributed by atoms with Crippen LogP contribution in [0.3, 0.4) is 0 Å². The van der Waals surface area contributed by atoms with Crippen molar-refractivity contribution in [1.82, 2.24) is 24.5 Å². The Bertz CT molecular complexity index is 1490. The van der Waals surface area contributed by atoms with Crippen molar-refractivity contribution in [1.29, 1.82) is 0 Å². The van der Waals surface area contributed by atoms with Gasteiger partial charge in [0.25, 0.3) is 5.56 Å². The van der Waals surface area contributed by atoms with Crippen LogP contribution in [-0.2, 0) is 28.7 Å². The highest BCUT2D eigenvalue weighted by atomic mass is 35.5. The topological polar surface area (TPSA) is 106 Å². The average Bonchev–Trinajstić information content (AvgIpc) is 3.38. The number of halogens is 4. The van der Waals surface area contributed by atoms with Crippen LogP contribution in [0.2, 0.25) is 5.02 Å². The van der Waals surface area contributed by atoms with Gasteiger partial charge in [0.05, 0.1) is 35.2 Å². The smallest absolute Gasteiger partial charge is 0.377 e. The fourth-order valence-corrected chi connectivity index (χ4v) is 5.04. The lowest BCUT2D eigenvalue weighted by atomic mass is 10.1. The number of nitrogens with zero attached hydrogens (tertiary/aromatic N) is 5. The molecule has 3 aromatic rings. The van der Waals surface area contributed by atoms with Crippen molar-refractivity contribution >= 4 is 40.2 Å². The highest BCUT2D eigenvalue weighted by Crippen LogP contribution is 2.34. The van der Waals surface area contributed by atoms with Gasteiger partial charge in [0.15, 0.2) is 5.82 Å². The molecule has 2 aliphatic rings. The van der Waals surface area contributed by atoms with Crippen molar-refractivity contribution in [2.45, 2.75) is 32.5 Å². The lowest BCUT2D eigenvalue weighted by Crippen LogP contribution is -2.47. The summed E-state index contributed by atoms with van der Waals surface area (Å²) in [4.78, 5) is 33.5. The largest absolute Gasteiger partial charge is 0.416 e. The van der Waals surface area contributed by atoms with Gasteiger partial charge in [-0.15, -0.1) is 5.10 Å². The second-order valence-corrected chi connectivity index (χ2v) is 9.63. The van der Waals surface area contributed by atoms with E-state index in [1.54, 1.807) is 4.57 Å². The fraction of sp³-hybridized carbons (Fsp3) is 0.440. The van der Waals surface area contributed by atoms with Crippen LogP contribution in [0.5, 0.6) is 0 Å². The van der Waals surface area contributed by atoms with Gasteiger partial charge in [-0.05, 0) is 36.6 Å². The van der Waals surface area contributed by atoms with Crippen molar-refractivity contribution in [3.05, 3.63) is 56.7 Å². The number of rotatable bonds is 6. The van der Waals surface area contributed by atoms with E-state index in [0.29, 0.717) is 69.4 Å². The second kappa shape index (κ2) is 11.0. The molecule has 0 aliphatic carbocycles. The van der Waals surface area contributed by atoms with Gasteiger partial charge >= 0.3 is 6.18 Å². The molecule has 4 heterocycles. The second-order valence-electron chi connectivity index (χ2n) is 9.22. The molecule has 0 saturated carbocycles. The number of hydrogen-bond donors (Lipinski definition) is 2. The summed E-state index contributed by atoms with van der Waals surface area (Å²) < 4.78 is 47.3. The highest BCUT2D eigenvalue weighted by molar-refractivity contribution is 6.33. The monoisotopic (exact) mass is 565 g/mol. The zero-order valence-electron chi connectivity index (χ0n) is 21.1. The van der Waals surface area contributed by atoms with Crippen LogP contribution in [0.1, 0.15) is 30.4 Å². The summed E-state index contributed by atoms with van der Waals surface area (Å²) in [7, 11) is 0. The molecule has 2 aromatic heterocycles. The van der Waals surface area contributed by atoms with Crippen LogP contribution < -0.4 is 21.1 Å². The van der Waals surface area contributed by atoms with Crippen LogP contribution in [0.15, 0.2) is 29.1 Å². The van der Waals surface area contributed by atoms with Gasteiger partial charge in [0, 0.05) is 26.2 Å². The molecular weight excluding hydrogens is 539 g/mol. The lowest BCUT2D eigenvalue weighted by Gasteiger charge is -2.31. The number of aromatic nitrogens is 4. The van der Waals surface area contributed by atoms with Gasteiger partial charge in [-0.2, -0.15) is 22.7 Å². The predicted molar refractivity (Wildman–Crippen MR) is 140 cm³/mol. The quantitative estimate of drug-likeness (QED) is 0.473. The summed E-state index contributed by atoms with van der Waals surface area (Å²) in [6, 6.07) is 2.73. The standard InChI is InChI=1S/C25H27ClF3N7O3/c1-2-19-21(34-9-7-30-8-10-34)23(38)36-24(32-22(33-36)15-5-11-39-12-6-15)35(19)14-20(37)31-18-4-3-16(13-17(18)26)25(27,28)29/h3-5,13,30H,2,6-12,14H2,1H3,(H,31,37). The Kier molecular flexibility index (Phi) is 7.65. The van der Waals surface area contributed by atoms with E-state index in [2.05, 4.69) is 20.7 Å². The molecule has 1 amide bonds. The normalized spacial score (nSPS) is 16.4. The predicted octanol–water partition coefficient (Wildman–Crippen LogP) is 2.98. The first-order valence-electron chi connectivity index (χ1n) is 12.6. The molecule has 0 atom stereocenters. The summed E-state index contributed by atoms with van der Waals surface area (Å²) in [6.45, 7) is 5.15. The molecule has 0 bridgehead atoms. The summed E-state index contributed by atoms with van der Waals surface area (Å²) in [5.74, 6) is 0.0413. The Morgan fingerprint density at radius 2 is 2.03 bits per heavy atom. The van der Waals surface area contributed by atoms with Gasteiger partial charge in [-0.3, -0.25) is 9.59 Å². The number of piperazine rings is 1. The summed E-state index contributed by atoms with van der Waals surface area (Å²) in [5, 5.41) is 10.1. The maximum Gasteiger partial charge on any atom is 0.416 e. The first-order valence-corrected chi connectivity index (χ1v) is 13.0. The number of benzene rings is 1. The number of nitrogens with one attached hydrogen (secondary N) is 2. The molecule has 10 nitrogen and oxygen atoms in total. The number of carbonyl (C=O) groups excluding carboxylic acids is 1. The Morgan fingerprint density at radius 3 is 2.67 bits per heavy atom. The summed E-state index contributed by atoms with van der Waals surface area (Å²) in [5.41, 5.74) is 0.713. The van der Waals surface area contributed by atoms with Crippen LogP contribution in [0.4, 0.5) is 24.5 Å². The zero-order valence-corrected chi connectivity index (χ0v) is 21.9. The van der Waals surface area contributed by atoms with E-state index >= 15 is 0 Å². The van der Waals surface area contributed by atoms with Gasteiger partial charge < -0.3 is 24.8 Å². The molecule has 0 radical (unpaired) electrons. The third-order valence-corrected chi connectivity index (χ3v) is 7.03. The maximum atomic E-state index is 13.7. The summed E-state index contributed by atoms with van der Waals surface area (Å²) in [6.07, 6.45) is -1.68. The van der Waals surface area contributed by atoms with E-state index in [1.165, 1.54) is 4.52 Å². The molecule has 0 unspecified atom stereocenters. The average molecular weight is 566 g/mol. The van der Waals surface area contributed by atoms with Crippen molar-refractivity contribution in [2.24, 2.45) is 0 Å². The van der Waals surface area contributed by atoms with E-state index in [4.69, 9.17) is 16.3 Å². The minimum atomic E-state index is -4.56. The van der Waals surface area contributed by atoms with Crippen molar-refractivity contribution in [2.75, 3.05) is 49.6 Å². The minimum Gasteiger partial charge on any atom is -0.377 e. The van der Waals surface area contributed by atoms with Gasteiger partial charge in [0.2, 0.25) is 11.7 Å². The minimum absolute atomic E-state index is 0.0432. The molecule has 39 heavy (non-hydrogen) atoms. The van der Waals surface area contributed by atoms with E-state index in [-0.39, 0.29) is 28.6 Å². The first-order chi connectivity index (χ1) is 18.7. The van der Waals surface area contributed by atoms with Gasteiger partial charge in [0.1, 0.15) is 12.2 Å². The fourth-order valence-electron chi connectivity index (χ4n) is 4.81. The van der Waals surface area contributed by atoms with E-state index in [1.807, 2.05) is 17.9 Å². The maximum absolute atomic E-state index is 13.7. The SMILES string of the molecule is CCc1c(N2CCNCC2)c(=O)n2nc(C3=CCOCC3)nc2n1CC(=O)Nc1ccc(C(F)(F)F)cc1Cl. The van der Waals surface area contributed by atoms with E-state index in [0.717, 1.165) is 23.8 Å².